The monoisotopic (exact) mass is 1180 g/mol. The molecule has 4 aliphatic rings. The van der Waals surface area contributed by atoms with E-state index in [9.17, 15) is 44.4 Å². The lowest BCUT2D eigenvalue weighted by Crippen LogP contribution is -2.50. The quantitative estimate of drug-likeness (QED) is 0.0665. The fourth-order valence-electron chi connectivity index (χ4n) is 10.4. The number of amides is 4. The van der Waals surface area contributed by atoms with Crippen LogP contribution in [0.1, 0.15) is 67.4 Å². The SMILES string of the molecule is CC1(C)CCC(c2ccc(Cl)cc2)=C(CN2CCN(c3ccc(C(=O)NS(=O)(=O)c4ccc(N[C@H](CCN5CCN(Cc6cnc(N7CCC(=O)NC7=O)nc6)CC5)CSc5ccccc5)c(S(=O)(=O)C(F)(F)F)c4)cc3)CC2)C1. The average Bonchev–Trinajstić information content (AvgIpc) is 3.44. The second-order valence-corrected chi connectivity index (χ2v) is 26.4. The summed E-state index contributed by atoms with van der Waals surface area (Å²) in [4.78, 5) is 55.1. The minimum Gasteiger partial charge on any atom is -0.380 e. The van der Waals surface area contributed by atoms with Gasteiger partial charge in [-0.25, -0.2) is 36.3 Å². The summed E-state index contributed by atoms with van der Waals surface area (Å²) in [5.74, 6) is -0.889. The van der Waals surface area contributed by atoms with Gasteiger partial charge in [0, 0.05) is 136 Å². The highest BCUT2D eigenvalue weighted by atomic mass is 35.5. The van der Waals surface area contributed by atoms with Crippen molar-refractivity contribution in [3.05, 3.63) is 137 Å². The molecule has 0 radical (unpaired) electrons. The maximum absolute atomic E-state index is 14.4. The third kappa shape index (κ3) is 14.7. The summed E-state index contributed by atoms with van der Waals surface area (Å²) in [6, 6.07) is 25.0. The van der Waals surface area contributed by atoms with Crippen LogP contribution in [0.4, 0.5) is 35.3 Å². The highest BCUT2D eigenvalue weighted by Gasteiger charge is 2.48. The third-order valence-electron chi connectivity index (χ3n) is 14.9. The highest BCUT2D eigenvalue weighted by Crippen LogP contribution is 2.43. The zero-order chi connectivity index (χ0) is 56.8. The fourth-order valence-corrected chi connectivity index (χ4v) is 13.6. The smallest absolute Gasteiger partial charge is 0.380 e. The lowest BCUT2D eigenvalue weighted by atomic mass is 9.73. The van der Waals surface area contributed by atoms with Crippen molar-refractivity contribution in [2.75, 3.05) is 92.9 Å². The molecule has 0 spiro atoms. The normalized spacial score (nSPS) is 18.5. The minimum absolute atomic E-state index is 0.0226. The number of carbonyl (C=O) groups is 3. The summed E-state index contributed by atoms with van der Waals surface area (Å²) in [5.41, 5.74) is -0.361. The van der Waals surface area contributed by atoms with Crippen LogP contribution in [-0.2, 0) is 31.2 Å². The number of nitrogens with zero attached hydrogens (tertiary/aromatic N) is 7. The van der Waals surface area contributed by atoms with Gasteiger partial charge in [0.05, 0.1) is 10.6 Å². The number of alkyl halides is 3. The molecule has 9 rings (SSSR count). The van der Waals surface area contributed by atoms with Gasteiger partial charge < -0.3 is 15.1 Å². The van der Waals surface area contributed by atoms with Crippen LogP contribution in [0.2, 0.25) is 5.02 Å². The van der Waals surface area contributed by atoms with E-state index in [1.807, 2.05) is 47.2 Å². The summed E-state index contributed by atoms with van der Waals surface area (Å²) in [7, 11) is -11.0. The summed E-state index contributed by atoms with van der Waals surface area (Å²) in [5, 5.41) is 5.99. The van der Waals surface area contributed by atoms with Gasteiger partial charge in [0.25, 0.3) is 25.8 Å². The van der Waals surface area contributed by atoms with Gasteiger partial charge in [-0.2, -0.15) is 13.2 Å². The summed E-state index contributed by atoms with van der Waals surface area (Å²) in [6.07, 6.45) is 6.93. The molecule has 0 unspecified atom stereocenters. The summed E-state index contributed by atoms with van der Waals surface area (Å²) in [6.45, 7) is 12.4. The van der Waals surface area contributed by atoms with Crippen LogP contribution in [0.15, 0.2) is 130 Å². The van der Waals surface area contributed by atoms with E-state index < -0.39 is 58.8 Å². The summed E-state index contributed by atoms with van der Waals surface area (Å²) < 4.78 is 99.4. The lowest BCUT2D eigenvalue weighted by molar-refractivity contribution is -0.120. The predicted octanol–water partition coefficient (Wildman–Crippen LogP) is 8.56. The number of anilines is 3. The van der Waals surface area contributed by atoms with Gasteiger partial charge in [-0.3, -0.25) is 29.6 Å². The molecular formula is C56H64ClF3N10O7S3. The number of aromatic nitrogens is 2. The molecule has 0 bridgehead atoms. The molecule has 5 aromatic rings. The Bertz CT molecular complexity index is 3290. The van der Waals surface area contributed by atoms with E-state index in [0.717, 1.165) is 80.3 Å². The highest BCUT2D eigenvalue weighted by molar-refractivity contribution is 7.99. The molecule has 3 aliphatic heterocycles. The van der Waals surface area contributed by atoms with Crippen LogP contribution in [0.5, 0.6) is 0 Å². The number of urea groups is 1. The number of carbonyl (C=O) groups excluding carboxylic acids is 3. The van der Waals surface area contributed by atoms with Gasteiger partial charge >= 0.3 is 11.5 Å². The van der Waals surface area contributed by atoms with Crippen molar-refractivity contribution >= 4 is 84.0 Å². The number of imide groups is 1. The average molecular weight is 1180 g/mol. The Balaban J connectivity index is 0.826. The molecule has 3 fully saturated rings. The Morgan fingerprint density at radius 1 is 0.800 bits per heavy atom. The number of thioether (sulfide) groups is 1. The number of sulfonamides is 1. The molecule has 17 nitrogen and oxygen atoms in total. The topological polar surface area (TPSA) is 198 Å². The standard InChI is InChI=1S/C56H64ClF3N10O7S3/c1-55(2)21-18-48(40-8-12-43(57)13-9-40)42(33-55)37-68-28-30-69(31-29-68)45-14-10-41(11-15-45)52(72)65-80(76,77)47-16-17-49(50(32-47)79(74,75)56(58,59)60)63-44(38-78-46-6-4-3-5-7-46)19-22-66-24-26-67(27-25-66)36-39-34-61-53(62-35-39)70-23-20-51(71)64-54(70)73/h3-17,32,34-35,44,63H,18-31,33,36-38H2,1-2H3,(H,65,72)(H,64,71,73)/t44-/m1/s1. The van der Waals surface area contributed by atoms with Crippen LogP contribution in [0.25, 0.3) is 5.57 Å². The zero-order valence-electron chi connectivity index (χ0n) is 44.4. The Morgan fingerprint density at radius 2 is 1.45 bits per heavy atom. The Hall–Kier alpha value is -6.08. The second kappa shape index (κ2) is 25.0. The first-order chi connectivity index (χ1) is 38.1. The van der Waals surface area contributed by atoms with Crippen LogP contribution in [0.3, 0.4) is 0 Å². The first-order valence-electron chi connectivity index (χ1n) is 26.5. The number of hydrogen-bond donors (Lipinski definition) is 3. The Labute approximate surface area is 474 Å². The molecule has 1 atom stereocenters. The van der Waals surface area contributed by atoms with Gasteiger partial charge in [-0.15, -0.1) is 11.8 Å². The van der Waals surface area contributed by atoms with Gasteiger partial charge in [-0.05, 0) is 109 Å². The predicted molar refractivity (Wildman–Crippen MR) is 304 cm³/mol. The minimum atomic E-state index is -6.13. The van der Waals surface area contributed by atoms with E-state index in [2.05, 4.69) is 66.2 Å². The zero-order valence-corrected chi connectivity index (χ0v) is 47.6. The van der Waals surface area contributed by atoms with Gasteiger partial charge in [0.15, 0.2) is 0 Å². The number of rotatable bonds is 19. The van der Waals surface area contributed by atoms with Crippen molar-refractivity contribution in [2.24, 2.45) is 5.41 Å². The van der Waals surface area contributed by atoms with E-state index in [0.29, 0.717) is 62.5 Å². The van der Waals surface area contributed by atoms with Gasteiger partial charge in [0.1, 0.15) is 4.90 Å². The number of nitrogens with one attached hydrogen (secondary N) is 3. The van der Waals surface area contributed by atoms with Crippen LogP contribution >= 0.6 is 23.4 Å². The fraction of sp³-hybridized carbons (Fsp3) is 0.411. The van der Waals surface area contributed by atoms with Crippen LogP contribution < -0.4 is 25.2 Å². The van der Waals surface area contributed by atoms with Crippen molar-refractivity contribution in [1.29, 1.82) is 0 Å². The maximum atomic E-state index is 14.4. The van der Waals surface area contributed by atoms with E-state index in [4.69, 9.17) is 11.6 Å². The molecule has 4 aromatic carbocycles. The molecule has 1 aliphatic carbocycles. The Morgan fingerprint density at radius 3 is 2.11 bits per heavy atom. The largest absolute Gasteiger partial charge is 0.501 e. The number of allylic oxidation sites excluding steroid dienone is 1. The lowest BCUT2D eigenvalue weighted by Gasteiger charge is -2.39. The van der Waals surface area contributed by atoms with E-state index in [1.54, 1.807) is 24.5 Å². The molecule has 24 heteroatoms. The Kier molecular flexibility index (Phi) is 18.3. The number of sulfone groups is 1. The third-order valence-corrected chi connectivity index (χ3v) is 19.2. The van der Waals surface area contributed by atoms with E-state index in [-0.39, 0.29) is 35.8 Å². The second-order valence-electron chi connectivity index (χ2n) is 21.3. The first kappa shape index (κ1) is 58.6. The van der Waals surface area contributed by atoms with Crippen molar-refractivity contribution in [3.8, 4) is 0 Å². The molecular weight excluding hydrogens is 1110 g/mol. The van der Waals surface area contributed by atoms with Gasteiger partial charge in [-0.1, -0.05) is 61.4 Å². The maximum Gasteiger partial charge on any atom is 0.501 e. The van der Waals surface area contributed by atoms with Crippen molar-refractivity contribution in [3.63, 3.8) is 0 Å². The molecule has 426 valence electrons. The molecule has 0 saturated carbocycles. The number of piperazine rings is 2. The number of hydrogen-bond acceptors (Lipinski definition) is 15. The van der Waals surface area contributed by atoms with Crippen molar-refractivity contribution < 1.29 is 44.4 Å². The molecule has 3 N–H and O–H groups in total. The van der Waals surface area contributed by atoms with E-state index in [1.165, 1.54) is 45.5 Å². The molecule has 80 heavy (non-hydrogen) atoms. The molecule has 4 amide bonds. The number of halogens is 4. The van der Waals surface area contributed by atoms with E-state index >= 15 is 0 Å². The molecule has 1 aromatic heterocycles. The molecule has 3 saturated heterocycles. The number of benzene rings is 4. The van der Waals surface area contributed by atoms with Gasteiger partial charge in [0.2, 0.25) is 11.9 Å². The van der Waals surface area contributed by atoms with Crippen LogP contribution in [-0.4, -0.2) is 149 Å². The van der Waals surface area contributed by atoms with Crippen molar-refractivity contribution in [1.82, 2.24) is 34.7 Å². The first-order valence-corrected chi connectivity index (χ1v) is 30.8. The van der Waals surface area contributed by atoms with Crippen molar-refractivity contribution in [2.45, 2.75) is 78.7 Å². The van der Waals surface area contributed by atoms with Crippen LogP contribution in [0, 0.1) is 5.41 Å². The molecule has 4 heterocycles. The summed E-state index contributed by atoms with van der Waals surface area (Å²) >= 11 is 7.63.